The van der Waals surface area contributed by atoms with Crippen molar-refractivity contribution in [3.05, 3.63) is 0 Å². The lowest BCUT2D eigenvalue weighted by atomic mass is 9.94. The third-order valence-corrected chi connectivity index (χ3v) is 3.93. The standard InChI is InChI=1S/C16H29N3O4.ClH/c1-6-11(2)14-15(22)18(7-8-19(14)12(20)9-17)10-13(21)23-16(3,4)5;/h11,14H,6-10,17H2,1-5H3;1H. The number of esters is 1. The molecule has 0 aromatic rings. The van der Waals surface area contributed by atoms with Crippen LogP contribution in [0.1, 0.15) is 41.0 Å². The van der Waals surface area contributed by atoms with E-state index in [0.717, 1.165) is 6.42 Å². The molecule has 2 N–H and O–H groups in total. The summed E-state index contributed by atoms with van der Waals surface area (Å²) in [6, 6.07) is -0.563. The predicted octanol–water partition coefficient (Wildman–Crippen LogP) is 0.794. The van der Waals surface area contributed by atoms with Gasteiger partial charge < -0.3 is 20.3 Å². The molecular formula is C16H30ClN3O4. The van der Waals surface area contributed by atoms with E-state index in [-0.39, 0.29) is 43.2 Å². The zero-order valence-electron chi connectivity index (χ0n) is 15.2. The highest BCUT2D eigenvalue weighted by atomic mass is 35.5. The summed E-state index contributed by atoms with van der Waals surface area (Å²) in [6.07, 6.45) is 0.755. The van der Waals surface area contributed by atoms with E-state index in [1.54, 1.807) is 25.7 Å². The molecule has 2 amide bonds. The molecule has 1 aliphatic heterocycles. The van der Waals surface area contributed by atoms with Crippen molar-refractivity contribution in [2.45, 2.75) is 52.7 Å². The quantitative estimate of drug-likeness (QED) is 0.729. The summed E-state index contributed by atoms with van der Waals surface area (Å²) in [6.45, 7) is 9.74. The Labute approximate surface area is 150 Å². The van der Waals surface area contributed by atoms with Crippen LogP contribution >= 0.6 is 12.4 Å². The molecule has 0 radical (unpaired) electrons. The zero-order chi connectivity index (χ0) is 17.8. The number of rotatable bonds is 5. The molecule has 140 valence electrons. The first kappa shape index (κ1) is 22.7. The van der Waals surface area contributed by atoms with Gasteiger partial charge in [-0.1, -0.05) is 20.3 Å². The van der Waals surface area contributed by atoms with Gasteiger partial charge in [0.05, 0.1) is 6.54 Å². The number of nitrogens with two attached hydrogens (primary N) is 1. The average Bonchev–Trinajstić information content (AvgIpc) is 2.45. The molecule has 1 heterocycles. The normalized spacial score (nSPS) is 19.6. The maximum absolute atomic E-state index is 12.7. The van der Waals surface area contributed by atoms with Crippen LogP contribution in [0.4, 0.5) is 0 Å². The molecule has 1 rings (SSSR count). The van der Waals surface area contributed by atoms with Crippen molar-refractivity contribution in [1.29, 1.82) is 0 Å². The maximum Gasteiger partial charge on any atom is 0.326 e. The Kier molecular flexibility index (Phi) is 8.71. The lowest BCUT2D eigenvalue weighted by Gasteiger charge is -2.42. The maximum atomic E-state index is 12.7. The van der Waals surface area contributed by atoms with Gasteiger partial charge in [0.1, 0.15) is 18.2 Å². The molecule has 0 spiro atoms. The molecule has 0 aromatic carbocycles. The molecule has 0 aliphatic carbocycles. The van der Waals surface area contributed by atoms with E-state index >= 15 is 0 Å². The van der Waals surface area contributed by atoms with Crippen LogP contribution in [0.5, 0.6) is 0 Å². The molecule has 0 saturated carbocycles. The molecule has 0 bridgehead atoms. The van der Waals surface area contributed by atoms with Crippen molar-refractivity contribution in [3.63, 3.8) is 0 Å². The smallest absolute Gasteiger partial charge is 0.326 e. The number of halogens is 1. The van der Waals surface area contributed by atoms with Crippen molar-refractivity contribution in [1.82, 2.24) is 9.80 Å². The van der Waals surface area contributed by atoms with E-state index in [0.29, 0.717) is 13.1 Å². The topological polar surface area (TPSA) is 92.9 Å². The molecule has 1 aliphatic rings. The van der Waals surface area contributed by atoms with Crippen LogP contribution in [0, 0.1) is 5.92 Å². The molecule has 2 atom stereocenters. The second-order valence-corrected chi connectivity index (χ2v) is 6.97. The van der Waals surface area contributed by atoms with Crippen molar-refractivity contribution < 1.29 is 19.1 Å². The molecule has 0 aromatic heterocycles. The number of ether oxygens (including phenoxy) is 1. The first-order valence-electron chi connectivity index (χ1n) is 8.10. The Morgan fingerprint density at radius 3 is 2.38 bits per heavy atom. The fraction of sp³-hybridized carbons (Fsp3) is 0.812. The lowest BCUT2D eigenvalue weighted by Crippen LogP contribution is -2.62. The van der Waals surface area contributed by atoms with E-state index in [1.165, 1.54) is 4.90 Å². The Hall–Kier alpha value is -1.34. The molecule has 1 saturated heterocycles. The number of carbonyl (C=O) groups is 3. The number of carbonyl (C=O) groups excluding carboxylic acids is 3. The third kappa shape index (κ3) is 5.94. The van der Waals surface area contributed by atoms with E-state index in [2.05, 4.69) is 0 Å². The van der Waals surface area contributed by atoms with Crippen molar-refractivity contribution in [3.8, 4) is 0 Å². The average molecular weight is 364 g/mol. The summed E-state index contributed by atoms with van der Waals surface area (Å²) < 4.78 is 5.27. The highest BCUT2D eigenvalue weighted by molar-refractivity contribution is 5.91. The Morgan fingerprint density at radius 2 is 1.92 bits per heavy atom. The van der Waals surface area contributed by atoms with Gasteiger partial charge in [0.25, 0.3) is 0 Å². The first-order valence-corrected chi connectivity index (χ1v) is 8.10. The van der Waals surface area contributed by atoms with E-state index in [9.17, 15) is 14.4 Å². The summed E-state index contributed by atoms with van der Waals surface area (Å²) in [5.74, 6) is -0.884. The van der Waals surface area contributed by atoms with Crippen LogP contribution in [0.2, 0.25) is 0 Å². The van der Waals surface area contributed by atoms with Gasteiger partial charge in [-0.3, -0.25) is 14.4 Å². The van der Waals surface area contributed by atoms with Gasteiger partial charge in [-0.05, 0) is 26.7 Å². The minimum atomic E-state index is -0.590. The van der Waals surface area contributed by atoms with E-state index in [1.807, 2.05) is 13.8 Å². The highest BCUT2D eigenvalue weighted by Crippen LogP contribution is 2.21. The lowest BCUT2D eigenvalue weighted by molar-refractivity contribution is -0.164. The second-order valence-electron chi connectivity index (χ2n) is 6.97. The van der Waals surface area contributed by atoms with Gasteiger partial charge in [0.2, 0.25) is 11.8 Å². The van der Waals surface area contributed by atoms with Crippen molar-refractivity contribution >= 4 is 30.2 Å². The van der Waals surface area contributed by atoms with E-state index < -0.39 is 17.6 Å². The minimum Gasteiger partial charge on any atom is -0.459 e. The first-order chi connectivity index (χ1) is 10.6. The fourth-order valence-corrected chi connectivity index (χ4v) is 2.66. The highest BCUT2D eigenvalue weighted by Gasteiger charge is 2.40. The van der Waals surface area contributed by atoms with Crippen LogP contribution in [0.15, 0.2) is 0 Å². The van der Waals surface area contributed by atoms with Crippen molar-refractivity contribution in [2.24, 2.45) is 11.7 Å². The van der Waals surface area contributed by atoms with Crippen LogP contribution in [0.3, 0.4) is 0 Å². The number of amides is 2. The summed E-state index contributed by atoms with van der Waals surface area (Å²) in [7, 11) is 0. The zero-order valence-corrected chi connectivity index (χ0v) is 16.0. The summed E-state index contributed by atoms with van der Waals surface area (Å²) in [5.41, 5.74) is 4.86. The van der Waals surface area contributed by atoms with Crippen LogP contribution in [0.25, 0.3) is 0 Å². The molecule has 2 unspecified atom stereocenters. The third-order valence-electron chi connectivity index (χ3n) is 3.93. The molecule has 24 heavy (non-hydrogen) atoms. The molecule has 7 nitrogen and oxygen atoms in total. The summed E-state index contributed by atoms with van der Waals surface area (Å²) in [5, 5.41) is 0. The summed E-state index contributed by atoms with van der Waals surface area (Å²) in [4.78, 5) is 39.7. The predicted molar refractivity (Wildman–Crippen MR) is 93.7 cm³/mol. The second kappa shape index (κ2) is 9.22. The molecule has 8 heteroatoms. The van der Waals surface area contributed by atoms with E-state index in [4.69, 9.17) is 10.5 Å². The van der Waals surface area contributed by atoms with Gasteiger partial charge in [-0.2, -0.15) is 0 Å². The van der Waals surface area contributed by atoms with Crippen molar-refractivity contribution in [2.75, 3.05) is 26.2 Å². The number of nitrogens with zero attached hydrogens (tertiary/aromatic N) is 2. The Morgan fingerprint density at radius 1 is 1.33 bits per heavy atom. The fourth-order valence-electron chi connectivity index (χ4n) is 2.66. The number of hydrogen-bond donors (Lipinski definition) is 1. The SMILES string of the molecule is CCC(C)C1C(=O)N(CC(=O)OC(C)(C)C)CCN1C(=O)CN.Cl. The van der Waals surface area contributed by atoms with Crippen LogP contribution in [-0.2, 0) is 19.1 Å². The van der Waals surface area contributed by atoms with Gasteiger partial charge in [-0.25, -0.2) is 0 Å². The largest absolute Gasteiger partial charge is 0.459 e. The van der Waals surface area contributed by atoms with Gasteiger partial charge >= 0.3 is 5.97 Å². The van der Waals surface area contributed by atoms with Gasteiger partial charge in [0, 0.05) is 13.1 Å². The Balaban J connectivity index is 0.00000529. The van der Waals surface area contributed by atoms with Crippen LogP contribution < -0.4 is 5.73 Å². The summed E-state index contributed by atoms with van der Waals surface area (Å²) >= 11 is 0. The number of hydrogen-bond acceptors (Lipinski definition) is 5. The number of piperazine rings is 1. The molecular weight excluding hydrogens is 334 g/mol. The minimum absolute atomic E-state index is 0. The van der Waals surface area contributed by atoms with Gasteiger partial charge in [-0.15, -0.1) is 12.4 Å². The monoisotopic (exact) mass is 363 g/mol. The Bertz CT molecular complexity index is 465. The van der Waals surface area contributed by atoms with Gasteiger partial charge in [0.15, 0.2) is 0 Å². The van der Waals surface area contributed by atoms with Crippen LogP contribution in [-0.4, -0.2) is 65.4 Å². The molecule has 1 fully saturated rings.